The molecule has 2 aliphatic rings. The zero-order valence-corrected chi connectivity index (χ0v) is 17.8. The zero-order valence-electron chi connectivity index (χ0n) is 17.0. The van der Waals surface area contributed by atoms with Gasteiger partial charge in [-0.15, -0.1) is 5.10 Å². The highest BCUT2D eigenvalue weighted by molar-refractivity contribution is 7.99. The quantitative estimate of drug-likeness (QED) is 0.524. The van der Waals surface area contributed by atoms with Crippen LogP contribution in [0.2, 0.25) is 0 Å². The van der Waals surface area contributed by atoms with Gasteiger partial charge in [-0.05, 0) is 0 Å². The fraction of sp³-hybridized carbons (Fsp3) is 0.444. The molecule has 5 heterocycles. The minimum atomic E-state index is -3.53. The van der Waals surface area contributed by atoms with Crippen molar-refractivity contribution in [3.05, 3.63) is 24.3 Å². The number of sulfonamides is 1. The number of hydrogen-bond donors (Lipinski definition) is 2. The van der Waals surface area contributed by atoms with Crippen LogP contribution in [-0.2, 0) is 14.6 Å². The molecule has 3 atom stereocenters. The number of hydrogen-bond acceptors (Lipinski definition) is 9. The van der Waals surface area contributed by atoms with Crippen LogP contribution in [0.15, 0.2) is 18.5 Å². The van der Waals surface area contributed by atoms with Gasteiger partial charge in [-0.3, -0.25) is 0 Å². The third-order valence-electron chi connectivity index (χ3n) is 5.44. The van der Waals surface area contributed by atoms with E-state index in [9.17, 15) is 17.5 Å². The van der Waals surface area contributed by atoms with E-state index in [0.29, 0.717) is 18.6 Å². The van der Waals surface area contributed by atoms with Crippen molar-refractivity contribution < 1.29 is 22.3 Å². The Bertz CT molecular complexity index is 1220. The Morgan fingerprint density at radius 1 is 1.34 bits per heavy atom. The van der Waals surface area contributed by atoms with Gasteiger partial charge in [0.25, 0.3) is 0 Å². The van der Waals surface area contributed by atoms with Gasteiger partial charge in [0.05, 0.1) is 32.1 Å². The number of imidazole rings is 1. The van der Waals surface area contributed by atoms with Gasteiger partial charge < -0.3 is 19.9 Å². The number of alkyl halides is 1. The molecule has 2 fully saturated rings. The summed E-state index contributed by atoms with van der Waals surface area (Å²) >= 11 is 0. The lowest BCUT2D eigenvalue weighted by Gasteiger charge is -2.22. The Morgan fingerprint density at radius 3 is 2.88 bits per heavy atom. The minimum absolute atomic E-state index is 0.00775. The number of halogens is 2. The highest BCUT2D eigenvalue weighted by atomic mass is 32.3. The average molecular weight is 466 g/mol. The predicted molar refractivity (Wildman–Crippen MR) is 111 cm³/mol. The summed E-state index contributed by atoms with van der Waals surface area (Å²) < 4.78 is 61.3. The second-order valence-corrected chi connectivity index (χ2v) is 9.52. The van der Waals surface area contributed by atoms with E-state index in [1.165, 1.54) is 28.2 Å². The second kappa shape index (κ2) is 7.86. The maximum Gasteiger partial charge on any atom is 0.235 e. The highest BCUT2D eigenvalue weighted by Crippen LogP contribution is 2.35. The summed E-state index contributed by atoms with van der Waals surface area (Å²) in [7, 11) is -2.13. The van der Waals surface area contributed by atoms with Crippen LogP contribution in [-0.4, -0.2) is 73.8 Å². The number of aromatic nitrogens is 5. The number of fused-ring (bicyclic) bond motifs is 1. The number of ether oxygens (including phenoxy) is 1. The van der Waals surface area contributed by atoms with Crippen molar-refractivity contribution in [2.75, 3.05) is 42.1 Å². The molecule has 2 N–H and O–H groups in total. The summed E-state index contributed by atoms with van der Waals surface area (Å²) in [6, 6.07) is 0.986. The summed E-state index contributed by atoms with van der Waals surface area (Å²) in [5.41, 5.74) is 0.391. The van der Waals surface area contributed by atoms with Gasteiger partial charge in [-0.1, -0.05) is 4.21 Å². The predicted octanol–water partition coefficient (Wildman–Crippen LogP) is 0.811. The molecule has 0 radical (unpaired) electrons. The Labute approximate surface area is 182 Å². The highest BCUT2D eigenvalue weighted by Gasteiger charge is 2.37. The van der Waals surface area contributed by atoms with Gasteiger partial charge in [0, 0.05) is 25.6 Å². The molecule has 3 aromatic rings. The standard InChI is InChI=1S/C18H20F2N8O3S/c1-31-14-5-15-22-9-13(28(15)26-17(14)27-3-2-4-32(27,29)30)16-11(20)7-23-18(25-16)24-12-8-21-6-10(12)19/h5,7,9-10,12,21H,2-4,6,8H2,1H3,(H-,23,24,25,29,30)/t10-,12-/m0/s1. The van der Waals surface area contributed by atoms with Gasteiger partial charge in [-0.2, -0.15) is 4.31 Å². The number of rotatable bonds is 5. The smallest absolute Gasteiger partial charge is 0.235 e. The average Bonchev–Trinajstić information content (AvgIpc) is 3.46. The monoisotopic (exact) mass is 466 g/mol. The molecule has 0 aliphatic carbocycles. The van der Waals surface area contributed by atoms with E-state index in [1.807, 2.05) is 0 Å². The third-order valence-corrected chi connectivity index (χ3v) is 7.27. The van der Waals surface area contributed by atoms with Crippen LogP contribution >= 0.6 is 0 Å². The molecule has 2 saturated heterocycles. The third kappa shape index (κ3) is 3.53. The van der Waals surface area contributed by atoms with Crippen molar-refractivity contribution >= 4 is 27.8 Å². The van der Waals surface area contributed by atoms with E-state index in [0.717, 1.165) is 6.20 Å². The molecular weight excluding hydrogens is 446 g/mol. The van der Waals surface area contributed by atoms with Gasteiger partial charge in [0.2, 0.25) is 11.8 Å². The SMILES string of the molecule is COc1cc2ncc(-c3nc(N[C@H]4CNC[C@@H]4F)ncc3F)n2nc1N1CCC[S+]1(=O)[O-]. The molecule has 11 nitrogen and oxygen atoms in total. The maximum atomic E-state index is 14.7. The largest absolute Gasteiger partial charge is 0.593 e. The number of anilines is 2. The van der Waals surface area contributed by atoms with Crippen molar-refractivity contribution in [1.82, 2.24) is 29.9 Å². The van der Waals surface area contributed by atoms with Gasteiger partial charge in [0.1, 0.15) is 33.7 Å². The Hall–Kier alpha value is -2.97. The molecule has 0 bridgehead atoms. The first-order valence-corrected chi connectivity index (χ1v) is 11.6. The summed E-state index contributed by atoms with van der Waals surface area (Å²) in [5.74, 6) is -0.348. The normalized spacial score (nSPS) is 25.6. The number of nitrogens with zero attached hydrogens (tertiary/aromatic N) is 6. The lowest BCUT2D eigenvalue weighted by atomic mass is 10.2. The Kier molecular flexibility index (Phi) is 5.14. The lowest BCUT2D eigenvalue weighted by molar-refractivity contribution is 0.342. The van der Waals surface area contributed by atoms with Crippen molar-refractivity contribution in [2.24, 2.45) is 0 Å². The van der Waals surface area contributed by atoms with Gasteiger partial charge in [-0.25, -0.2) is 28.2 Å². The molecule has 3 aromatic heterocycles. The zero-order chi connectivity index (χ0) is 22.5. The van der Waals surface area contributed by atoms with Crippen LogP contribution in [0.4, 0.5) is 20.5 Å². The summed E-state index contributed by atoms with van der Waals surface area (Å²) in [5, 5.41) is 10.2. The first-order valence-electron chi connectivity index (χ1n) is 9.95. The first kappa shape index (κ1) is 20.9. The lowest BCUT2D eigenvalue weighted by Crippen LogP contribution is -2.32. The van der Waals surface area contributed by atoms with Crippen LogP contribution in [0.25, 0.3) is 17.0 Å². The second-order valence-electron chi connectivity index (χ2n) is 7.51. The molecule has 2 aliphatic heterocycles. The van der Waals surface area contributed by atoms with Crippen molar-refractivity contribution in [1.29, 1.82) is 0 Å². The molecule has 0 spiro atoms. The number of nitrogens with one attached hydrogen (secondary N) is 2. The van der Waals surface area contributed by atoms with E-state index in [1.54, 1.807) is 0 Å². The van der Waals surface area contributed by atoms with Crippen LogP contribution in [0.3, 0.4) is 0 Å². The van der Waals surface area contributed by atoms with Crippen LogP contribution in [0.1, 0.15) is 6.42 Å². The summed E-state index contributed by atoms with van der Waals surface area (Å²) in [6.45, 7) is 0.867. The fourth-order valence-electron chi connectivity index (χ4n) is 3.82. The van der Waals surface area contributed by atoms with Crippen molar-refractivity contribution in [3.8, 4) is 17.1 Å². The number of methoxy groups -OCH3 is 1. The van der Waals surface area contributed by atoms with Crippen LogP contribution in [0.5, 0.6) is 5.75 Å². The summed E-state index contributed by atoms with van der Waals surface area (Å²) in [6.07, 6.45) is 1.69. The Balaban J connectivity index is 1.58. The van der Waals surface area contributed by atoms with Gasteiger partial charge >= 0.3 is 0 Å². The Morgan fingerprint density at radius 2 is 2.19 bits per heavy atom. The van der Waals surface area contributed by atoms with Gasteiger partial charge in [0.15, 0.2) is 17.2 Å². The topological polar surface area (TPSA) is 133 Å². The van der Waals surface area contributed by atoms with E-state index >= 15 is 0 Å². The van der Waals surface area contributed by atoms with E-state index in [-0.39, 0.29) is 47.7 Å². The fourth-order valence-corrected chi connectivity index (χ4v) is 5.33. The van der Waals surface area contributed by atoms with E-state index < -0.39 is 28.4 Å². The molecule has 32 heavy (non-hydrogen) atoms. The molecule has 0 amide bonds. The van der Waals surface area contributed by atoms with E-state index in [4.69, 9.17) is 4.74 Å². The molecule has 0 aromatic carbocycles. The molecule has 1 unspecified atom stereocenters. The molecule has 14 heteroatoms. The summed E-state index contributed by atoms with van der Waals surface area (Å²) in [4.78, 5) is 12.3. The minimum Gasteiger partial charge on any atom is -0.593 e. The van der Waals surface area contributed by atoms with Crippen molar-refractivity contribution in [3.63, 3.8) is 0 Å². The van der Waals surface area contributed by atoms with Crippen LogP contribution in [0, 0.1) is 5.82 Å². The van der Waals surface area contributed by atoms with Crippen molar-refractivity contribution in [2.45, 2.75) is 18.6 Å². The maximum absolute atomic E-state index is 14.7. The van der Waals surface area contributed by atoms with E-state index in [2.05, 4.69) is 30.7 Å². The molecular formula is C18H20F2N8O3S. The first-order chi connectivity index (χ1) is 15.4. The van der Waals surface area contributed by atoms with Crippen LogP contribution < -0.4 is 19.7 Å². The molecule has 5 rings (SSSR count). The molecule has 0 saturated carbocycles. The molecule has 170 valence electrons.